The minimum atomic E-state index is -0.566. The smallest absolute Gasteiger partial charge is 0.237 e. The van der Waals surface area contributed by atoms with Gasteiger partial charge in [-0.25, -0.2) is 4.39 Å². The van der Waals surface area contributed by atoms with E-state index in [0.717, 1.165) is 12.6 Å². The van der Waals surface area contributed by atoms with Gasteiger partial charge in [0.25, 0.3) is 0 Å². The average molecular weight is 361 g/mol. The van der Waals surface area contributed by atoms with Crippen LogP contribution in [-0.4, -0.2) is 27.9 Å². The number of aromatic nitrogens is 2. The molecule has 5 nitrogen and oxygen atoms in total. The zero-order valence-corrected chi connectivity index (χ0v) is 14.3. The predicted molar refractivity (Wildman–Crippen MR) is 89.4 cm³/mol. The Morgan fingerprint density at radius 1 is 1.50 bits per heavy atom. The molecule has 0 bridgehead atoms. The molecule has 0 unspecified atom stereocenters. The molecule has 0 fully saturated rings. The fraction of sp³-hybridized carbons (Fsp3) is 0.308. The number of carbonyl (C=O) groups excluding carboxylic acids is 1. The Morgan fingerprint density at radius 3 is 2.95 bits per heavy atom. The van der Waals surface area contributed by atoms with Crippen molar-refractivity contribution in [1.29, 1.82) is 0 Å². The number of nitrogens with one attached hydrogen (secondary N) is 2. The van der Waals surface area contributed by atoms with Crippen LogP contribution in [0.4, 0.5) is 15.2 Å². The molecule has 22 heavy (non-hydrogen) atoms. The number of hydrogen-bond acceptors (Lipinski definition) is 6. The molecule has 2 rings (SSSR count). The summed E-state index contributed by atoms with van der Waals surface area (Å²) in [6.07, 6.45) is 0. The molecule has 2 N–H and O–H groups in total. The van der Waals surface area contributed by atoms with Gasteiger partial charge in [0.05, 0.1) is 10.9 Å². The van der Waals surface area contributed by atoms with Gasteiger partial charge in [0.2, 0.25) is 11.0 Å². The Morgan fingerprint density at radius 2 is 2.27 bits per heavy atom. The fourth-order valence-corrected chi connectivity index (χ4v) is 3.63. The third-order valence-electron chi connectivity index (χ3n) is 2.57. The lowest BCUT2D eigenvalue weighted by atomic mass is 10.3. The highest BCUT2D eigenvalue weighted by Crippen LogP contribution is 2.29. The van der Waals surface area contributed by atoms with Crippen molar-refractivity contribution in [3.8, 4) is 0 Å². The van der Waals surface area contributed by atoms with Crippen LogP contribution in [0.15, 0.2) is 22.5 Å². The van der Waals surface area contributed by atoms with Crippen LogP contribution in [0.2, 0.25) is 5.02 Å². The van der Waals surface area contributed by atoms with Crippen molar-refractivity contribution in [3.05, 3.63) is 29.0 Å². The van der Waals surface area contributed by atoms with Crippen LogP contribution in [0, 0.1) is 5.82 Å². The van der Waals surface area contributed by atoms with Crippen molar-refractivity contribution < 1.29 is 9.18 Å². The molecule has 0 aliphatic rings. The third-order valence-corrected chi connectivity index (χ3v) is 4.87. The Bertz CT molecular complexity index is 667. The number of rotatable bonds is 6. The van der Waals surface area contributed by atoms with Crippen molar-refractivity contribution in [3.63, 3.8) is 0 Å². The van der Waals surface area contributed by atoms with Gasteiger partial charge in [0, 0.05) is 11.6 Å². The summed E-state index contributed by atoms with van der Waals surface area (Å²) in [6.45, 7) is 4.44. The maximum Gasteiger partial charge on any atom is 0.237 e. The molecule has 118 valence electrons. The molecule has 0 saturated heterocycles. The van der Waals surface area contributed by atoms with E-state index in [-0.39, 0.29) is 16.6 Å². The first kappa shape index (κ1) is 17.0. The molecule has 0 aliphatic heterocycles. The van der Waals surface area contributed by atoms with Gasteiger partial charge in [-0.1, -0.05) is 34.7 Å². The normalized spacial score (nSPS) is 12.0. The Balaban J connectivity index is 1.96. The van der Waals surface area contributed by atoms with Gasteiger partial charge >= 0.3 is 0 Å². The zero-order chi connectivity index (χ0) is 16.1. The lowest BCUT2D eigenvalue weighted by Crippen LogP contribution is -2.22. The monoisotopic (exact) mass is 360 g/mol. The largest absolute Gasteiger partial charge is 0.360 e. The molecule has 1 aromatic carbocycles. The van der Waals surface area contributed by atoms with E-state index in [0.29, 0.717) is 9.47 Å². The molecule has 1 atom stereocenters. The van der Waals surface area contributed by atoms with Crippen molar-refractivity contribution in [2.75, 3.05) is 17.2 Å². The standard InChI is InChI=1S/C13H14ClFN4OS2/c1-3-16-12-18-19-13(22-12)21-7(2)11(20)17-10-5-4-8(14)6-9(10)15/h4-7H,3H2,1-2H3,(H,16,18)(H,17,20)/t7-/m0/s1. The number of amides is 1. The molecular formula is C13H14ClFN4OS2. The Kier molecular flexibility index (Phi) is 5.98. The molecule has 1 aromatic heterocycles. The number of carbonyl (C=O) groups is 1. The SMILES string of the molecule is CCNc1nnc(S[C@@H](C)C(=O)Nc2ccc(Cl)cc2F)s1. The number of nitrogens with zero attached hydrogens (tertiary/aromatic N) is 2. The summed E-state index contributed by atoms with van der Waals surface area (Å²) < 4.78 is 14.3. The highest BCUT2D eigenvalue weighted by molar-refractivity contribution is 8.02. The number of benzene rings is 1. The van der Waals surface area contributed by atoms with E-state index in [1.165, 1.54) is 35.2 Å². The lowest BCUT2D eigenvalue weighted by Gasteiger charge is -2.11. The van der Waals surface area contributed by atoms with Crippen LogP contribution in [0.1, 0.15) is 13.8 Å². The highest BCUT2D eigenvalue weighted by Gasteiger charge is 2.18. The van der Waals surface area contributed by atoms with Gasteiger partial charge in [-0.15, -0.1) is 10.2 Å². The fourth-order valence-electron chi connectivity index (χ4n) is 1.51. The van der Waals surface area contributed by atoms with Gasteiger partial charge in [-0.2, -0.15) is 0 Å². The second-order valence-electron chi connectivity index (χ2n) is 4.28. The van der Waals surface area contributed by atoms with Gasteiger partial charge < -0.3 is 10.6 Å². The topological polar surface area (TPSA) is 66.9 Å². The van der Waals surface area contributed by atoms with E-state index in [1.807, 2.05) is 6.92 Å². The van der Waals surface area contributed by atoms with E-state index >= 15 is 0 Å². The third kappa shape index (κ3) is 4.56. The van der Waals surface area contributed by atoms with Crippen LogP contribution in [-0.2, 0) is 4.79 Å². The number of halogens is 2. The van der Waals surface area contributed by atoms with E-state index in [4.69, 9.17) is 11.6 Å². The average Bonchev–Trinajstić information content (AvgIpc) is 2.89. The molecule has 1 heterocycles. The van der Waals surface area contributed by atoms with Crippen molar-refractivity contribution >= 4 is 51.4 Å². The second kappa shape index (κ2) is 7.75. The number of hydrogen-bond donors (Lipinski definition) is 2. The van der Waals surface area contributed by atoms with E-state index in [2.05, 4.69) is 20.8 Å². The van der Waals surface area contributed by atoms with Crippen molar-refractivity contribution in [1.82, 2.24) is 10.2 Å². The van der Waals surface area contributed by atoms with E-state index in [9.17, 15) is 9.18 Å². The second-order valence-corrected chi connectivity index (χ2v) is 7.28. The van der Waals surface area contributed by atoms with Crippen molar-refractivity contribution in [2.24, 2.45) is 0 Å². The van der Waals surface area contributed by atoms with Gasteiger partial charge in [-0.05, 0) is 32.0 Å². The number of anilines is 2. The summed E-state index contributed by atoms with van der Waals surface area (Å²) in [4.78, 5) is 12.1. The first-order valence-corrected chi connectivity index (χ1v) is 8.57. The van der Waals surface area contributed by atoms with Crippen LogP contribution in [0.3, 0.4) is 0 Å². The molecule has 1 amide bonds. The highest BCUT2D eigenvalue weighted by atomic mass is 35.5. The maximum absolute atomic E-state index is 13.7. The minimum absolute atomic E-state index is 0.104. The molecule has 0 spiro atoms. The summed E-state index contributed by atoms with van der Waals surface area (Å²) in [7, 11) is 0. The first-order chi connectivity index (χ1) is 10.5. The van der Waals surface area contributed by atoms with Gasteiger partial charge in [-0.3, -0.25) is 4.79 Å². The molecular weight excluding hydrogens is 347 g/mol. The summed E-state index contributed by atoms with van der Waals surface area (Å²) >= 11 is 8.32. The summed E-state index contributed by atoms with van der Waals surface area (Å²) in [5.74, 6) is -0.880. The summed E-state index contributed by atoms with van der Waals surface area (Å²) in [5.41, 5.74) is 0.104. The van der Waals surface area contributed by atoms with Crippen LogP contribution < -0.4 is 10.6 Å². The van der Waals surface area contributed by atoms with E-state index in [1.54, 1.807) is 6.92 Å². The summed E-state index contributed by atoms with van der Waals surface area (Å²) in [5, 5.41) is 14.1. The Hall–Kier alpha value is -1.38. The molecule has 9 heteroatoms. The van der Waals surface area contributed by atoms with E-state index < -0.39 is 11.1 Å². The minimum Gasteiger partial charge on any atom is -0.360 e. The van der Waals surface area contributed by atoms with Crippen LogP contribution in [0.25, 0.3) is 0 Å². The van der Waals surface area contributed by atoms with Crippen LogP contribution in [0.5, 0.6) is 0 Å². The Labute approximate surface area is 140 Å². The zero-order valence-electron chi connectivity index (χ0n) is 11.9. The molecule has 0 radical (unpaired) electrons. The summed E-state index contributed by atoms with van der Waals surface area (Å²) in [6, 6.07) is 4.11. The predicted octanol–water partition coefficient (Wildman–Crippen LogP) is 3.88. The molecule has 0 aliphatic carbocycles. The van der Waals surface area contributed by atoms with Gasteiger partial charge in [0.15, 0.2) is 4.34 Å². The van der Waals surface area contributed by atoms with Crippen molar-refractivity contribution in [2.45, 2.75) is 23.4 Å². The first-order valence-electron chi connectivity index (χ1n) is 6.49. The lowest BCUT2D eigenvalue weighted by molar-refractivity contribution is -0.115. The van der Waals surface area contributed by atoms with Crippen LogP contribution >= 0.6 is 34.7 Å². The molecule has 0 saturated carbocycles. The number of thioether (sulfide) groups is 1. The quantitative estimate of drug-likeness (QED) is 0.765. The molecule has 2 aromatic rings. The van der Waals surface area contributed by atoms with Gasteiger partial charge in [0.1, 0.15) is 5.82 Å². The maximum atomic E-state index is 13.7.